The highest BCUT2D eigenvalue weighted by Crippen LogP contribution is 2.30. The van der Waals surface area contributed by atoms with Gasteiger partial charge in [-0.3, -0.25) is 4.79 Å². The van der Waals surface area contributed by atoms with Crippen molar-refractivity contribution in [2.45, 2.75) is 145 Å². The number of hydrogen-bond acceptors (Lipinski definition) is 12. The Bertz CT molecular complexity index is 750. The summed E-state index contributed by atoms with van der Waals surface area (Å²) < 4.78 is 22.7. The molecule has 2 aliphatic rings. The zero-order chi connectivity index (χ0) is 30.4. The van der Waals surface area contributed by atoms with Gasteiger partial charge in [0.1, 0.15) is 48.8 Å². The van der Waals surface area contributed by atoms with Crippen molar-refractivity contribution >= 4 is 5.97 Å². The first kappa shape index (κ1) is 36.0. The van der Waals surface area contributed by atoms with E-state index in [1.165, 1.54) is 0 Å². The molecule has 2 rings (SSSR count). The van der Waals surface area contributed by atoms with E-state index in [9.17, 15) is 40.5 Å². The molecule has 0 bridgehead atoms. The maximum Gasteiger partial charge on any atom is 0.303 e. The summed E-state index contributed by atoms with van der Waals surface area (Å²) in [5, 5.41) is 79.1. The second-order valence-corrected chi connectivity index (χ2v) is 10.9. The normalized spacial score (nSPS) is 35.1. The maximum absolute atomic E-state index is 10.7. The minimum atomic E-state index is -1.72. The Morgan fingerprint density at radius 1 is 0.732 bits per heavy atom. The predicted molar refractivity (Wildman–Crippen MR) is 145 cm³/mol. The van der Waals surface area contributed by atoms with Gasteiger partial charge >= 0.3 is 5.97 Å². The van der Waals surface area contributed by atoms with Crippen LogP contribution in [0.3, 0.4) is 0 Å². The third kappa shape index (κ3) is 11.8. The second kappa shape index (κ2) is 19.1. The summed E-state index contributed by atoms with van der Waals surface area (Å²) in [6.07, 6.45) is -1.29. The number of carboxylic acid groups (broad SMARTS) is 1. The molecule has 2 heterocycles. The van der Waals surface area contributed by atoms with Gasteiger partial charge in [-0.15, -0.1) is 0 Å². The molecule has 0 radical (unpaired) electrons. The maximum atomic E-state index is 10.7. The summed E-state index contributed by atoms with van der Waals surface area (Å²) in [4.78, 5) is 10.5. The zero-order valence-corrected chi connectivity index (χ0v) is 23.8. The van der Waals surface area contributed by atoms with Gasteiger partial charge in [-0.2, -0.15) is 0 Å². The number of hydrogen-bond donors (Lipinski definition) is 8. The van der Waals surface area contributed by atoms with E-state index in [-0.39, 0.29) is 12.5 Å². The van der Waals surface area contributed by atoms with Crippen molar-refractivity contribution in [2.24, 2.45) is 0 Å². The van der Waals surface area contributed by atoms with E-state index in [1.807, 2.05) is 6.92 Å². The van der Waals surface area contributed by atoms with E-state index in [4.69, 9.17) is 24.1 Å². The Morgan fingerprint density at radius 2 is 1.27 bits per heavy atom. The fraction of sp³-hybridized carbons (Fsp3) is 0.893. The van der Waals surface area contributed by atoms with Crippen molar-refractivity contribution in [3.63, 3.8) is 0 Å². The number of unbranched alkanes of at least 4 members (excludes halogenated alkanes) is 7. The molecule has 11 unspecified atom stereocenters. The molecule has 0 aromatic heterocycles. The molecule has 0 amide bonds. The minimum Gasteiger partial charge on any atom is -0.481 e. The van der Waals surface area contributed by atoms with Crippen LogP contribution in [-0.2, 0) is 23.7 Å². The number of aliphatic hydroxyl groups excluding tert-OH is 7. The van der Waals surface area contributed by atoms with Gasteiger partial charge in [0, 0.05) is 6.42 Å². The molecule has 13 heteroatoms. The van der Waals surface area contributed by atoms with Crippen LogP contribution in [-0.4, -0.2) is 128 Å². The van der Waals surface area contributed by atoms with Gasteiger partial charge in [0.2, 0.25) is 0 Å². The van der Waals surface area contributed by atoms with E-state index in [2.05, 4.69) is 12.2 Å². The monoisotopic (exact) mass is 594 g/mol. The molecule has 11 atom stereocenters. The third-order valence-corrected chi connectivity index (χ3v) is 7.49. The van der Waals surface area contributed by atoms with Crippen LogP contribution in [0, 0.1) is 0 Å². The van der Waals surface area contributed by atoms with Crippen molar-refractivity contribution < 1.29 is 64.6 Å². The van der Waals surface area contributed by atoms with Crippen LogP contribution < -0.4 is 0 Å². The molecule has 240 valence electrons. The van der Waals surface area contributed by atoms with E-state index < -0.39 is 80.6 Å². The standard InChI is InChI=1S/C28H50O13/c1-17(13-11-9-7-5-3-2-4-6-8-10-12-14-20(31)32)38-28-26(24(36)22(34)19(16-30)40-28)41-27-25(37)23(35)21(33)18(15-29)39-27/h3,5,17-19,21-30,33-37H,2,4,6-16H2,1H3,(H,31,32)/b5-3-. The number of carbonyl (C=O) groups is 1. The van der Waals surface area contributed by atoms with Crippen LogP contribution in [0.2, 0.25) is 0 Å². The van der Waals surface area contributed by atoms with Gasteiger partial charge in [-0.25, -0.2) is 0 Å². The average molecular weight is 595 g/mol. The molecule has 0 aromatic rings. The minimum absolute atomic E-state index is 0.238. The molecule has 41 heavy (non-hydrogen) atoms. The van der Waals surface area contributed by atoms with Gasteiger partial charge in [-0.05, 0) is 45.4 Å². The van der Waals surface area contributed by atoms with Gasteiger partial charge < -0.3 is 59.8 Å². The summed E-state index contributed by atoms with van der Waals surface area (Å²) in [5.74, 6) is -0.741. The van der Waals surface area contributed by atoms with Crippen LogP contribution in [0.15, 0.2) is 12.2 Å². The van der Waals surface area contributed by atoms with Crippen LogP contribution in [0.1, 0.15) is 77.6 Å². The Kier molecular flexibility index (Phi) is 16.8. The number of aliphatic hydroxyl groups is 7. The average Bonchev–Trinajstić information content (AvgIpc) is 2.94. The third-order valence-electron chi connectivity index (χ3n) is 7.49. The van der Waals surface area contributed by atoms with Crippen LogP contribution in [0.5, 0.6) is 0 Å². The van der Waals surface area contributed by atoms with E-state index in [0.29, 0.717) is 6.42 Å². The lowest BCUT2D eigenvalue weighted by Crippen LogP contribution is -2.64. The molecule has 0 spiro atoms. The van der Waals surface area contributed by atoms with Gasteiger partial charge in [0.05, 0.1) is 19.3 Å². The van der Waals surface area contributed by atoms with Gasteiger partial charge in [-0.1, -0.05) is 37.8 Å². The van der Waals surface area contributed by atoms with Crippen LogP contribution in [0.25, 0.3) is 0 Å². The summed E-state index contributed by atoms with van der Waals surface area (Å²) >= 11 is 0. The van der Waals surface area contributed by atoms with Gasteiger partial charge in [0.25, 0.3) is 0 Å². The molecule has 13 nitrogen and oxygen atoms in total. The fourth-order valence-electron chi connectivity index (χ4n) is 4.94. The molecule has 2 saturated heterocycles. The van der Waals surface area contributed by atoms with Crippen molar-refractivity contribution in [2.75, 3.05) is 13.2 Å². The molecule has 2 fully saturated rings. The molecule has 0 saturated carbocycles. The summed E-state index contributed by atoms with van der Waals surface area (Å²) in [6.45, 7) is 0.564. The first-order valence-electron chi connectivity index (χ1n) is 14.7. The number of aliphatic carboxylic acids is 1. The Balaban J connectivity index is 1.77. The van der Waals surface area contributed by atoms with Crippen LogP contribution >= 0.6 is 0 Å². The highest BCUT2D eigenvalue weighted by molar-refractivity contribution is 5.66. The first-order chi connectivity index (χ1) is 19.6. The Hall–Kier alpha value is -1.23. The predicted octanol–water partition coefficient (Wildman–Crippen LogP) is -0.0525. The highest BCUT2D eigenvalue weighted by atomic mass is 16.8. The van der Waals surface area contributed by atoms with E-state index in [0.717, 1.165) is 57.8 Å². The zero-order valence-electron chi connectivity index (χ0n) is 23.8. The molecule has 0 aliphatic carbocycles. The van der Waals surface area contributed by atoms with Crippen molar-refractivity contribution in [3.05, 3.63) is 12.2 Å². The Labute approximate surface area is 241 Å². The SMILES string of the molecule is CC(CCCC/C=C\CCCCCCCC(=O)O)OC1OC(CO)C(O)C(O)C1OC1OC(CO)C(O)C(O)C1O. The smallest absolute Gasteiger partial charge is 0.303 e. The lowest BCUT2D eigenvalue weighted by Gasteiger charge is -2.46. The lowest BCUT2D eigenvalue weighted by molar-refractivity contribution is -0.371. The number of ether oxygens (including phenoxy) is 4. The van der Waals surface area contributed by atoms with Crippen molar-refractivity contribution in [1.29, 1.82) is 0 Å². The number of rotatable bonds is 19. The van der Waals surface area contributed by atoms with Crippen molar-refractivity contribution in [1.82, 2.24) is 0 Å². The first-order valence-corrected chi connectivity index (χ1v) is 14.7. The van der Waals surface area contributed by atoms with E-state index >= 15 is 0 Å². The molecular formula is C28H50O13. The van der Waals surface area contributed by atoms with Crippen LogP contribution in [0.4, 0.5) is 0 Å². The lowest BCUT2D eigenvalue weighted by atomic mass is 9.97. The molecule has 8 N–H and O–H groups in total. The largest absolute Gasteiger partial charge is 0.481 e. The number of carboxylic acids is 1. The Morgan fingerprint density at radius 3 is 1.88 bits per heavy atom. The number of allylic oxidation sites excluding steroid dienone is 2. The van der Waals surface area contributed by atoms with Gasteiger partial charge in [0.15, 0.2) is 12.6 Å². The molecular weight excluding hydrogens is 544 g/mol. The second-order valence-electron chi connectivity index (χ2n) is 10.9. The molecule has 0 aromatic carbocycles. The fourth-order valence-corrected chi connectivity index (χ4v) is 4.94. The topological polar surface area (TPSA) is 216 Å². The van der Waals surface area contributed by atoms with Crippen molar-refractivity contribution in [3.8, 4) is 0 Å². The van der Waals surface area contributed by atoms with E-state index in [1.54, 1.807) is 0 Å². The summed E-state index contributed by atoms with van der Waals surface area (Å²) in [5.41, 5.74) is 0. The summed E-state index contributed by atoms with van der Waals surface area (Å²) in [6, 6.07) is 0. The quantitative estimate of drug-likeness (QED) is 0.0728. The molecule has 2 aliphatic heterocycles. The summed E-state index contributed by atoms with van der Waals surface area (Å²) in [7, 11) is 0. The highest BCUT2D eigenvalue weighted by Gasteiger charge is 2.51.